The molecule has 0 fully saturated rings. The Hall–Kier alpha value is -1.27. The Morgan fingerprint density at radius 2 is 2.14 bits per heavy atom. The summed E-state index contributed by atoms with van der Waals surface area (Å²) >= 11 is 3.22. The van der Waals surface area contributed by atoms with Crippen molar-refractivity contribution >= 4 is 44.4 Å². The van der Waals surface area contributed by atoms with Crippen molar-refractivity contribution < 1.29 is 4.79 Å². The van der Waals surface area contributed by atoms with Crippen molar-refractivity contribution in [1.29, 1.82) is 0 Å². The van der Waals surface area contributed by atoms with Crippen LogP contribution < -0.4 is 11.1 Å². The molecule has 0 aliphatic carbocycles. The molecule has 0 bridgehead atoms. The second-order valence-electron chi connectivity index (χ2n) is 5.01. The van der Waals surface area contributed by atoms with Gasteiger partial charge in [-0.1, -0.05) is 25.2 Å². The summed E-state index contributed by atoms with van der Waals surface area (Å²) < 4.78 is 1.07. The highest BCUT2D eigenvalue weighted by Gasteiger charge is 2.25. The molecule has 1 amide bonds. The van der Waals surface area contributed by atoms with E-state index in [4.69, 9.17) is 5.73 Å². The highest BCUT2D eigenvalue weighted by Crippen LogP contribution is 2.30. The van der Waals surface area contributed by atoms with E-state index in [9.17, 15) is 4.79 Å². The Kier molecular flexibility index (Phi) is 5.11. The Morgan fingerprint density at radius 3 is 2.76 bits per heavy atom. The first kappa shape index (κ1) is 16.1. The van der Waals surface area contributed by atoms with Crippen LogP contribution >= 0.6 is 23.1 Å². The number of carbonyl (C=O) groups excluding carboxylic acids is 1. The second-order valence-corrected chi connectivity index (χ2v) is 7.35. The smallest absolute Gasteiger partial charge is 0.251 e. The summed E-state index contributed by atoms with van der Waals surface area (Å²) in [7, 11) is 0. The topological polar surface area (TPSA) is 68.0 Å². The number of nitrogens with two attached hydrogens (primary N) is 1. The summed E-state index contributed by atoms with van der Waals surface area (Å²) in [6.45, 7) is 5.01. The van der Waals surface area contributed by atoms with Gasteiger partial charge in [-0.3, -0.25) is 4.79 Å². The van der Waals surface area contributed by atoms with Crippen LogP contribution in [0, 0.1) is 0 Å². The molecule has 1 heterocycles. The normalized spacial score (nSPS) is 11.8. The molecule has 6 heteroatoms. The lowest BCUT2D eigenvalue weighted by Crippen LogP contribution is -2.39. The maximum Gasteiger partial charge on any atom is 0.251 e. The van der Waals surface area contributed by atoms with Crippen LogP contribution in [0.4, 0.5) is 5.13 Å². The average Bonchev–Trinajstić information content (AvgIpc) is 2.88. The molecule has 0 saturated heterocycles. The van der Waals surface area contributed by atoms with Crippen molar-refractivity contribution in [2.24, 2.45) is 0 Å². The van der Waals surface area contributed by atoms with Gasteiger partial charge in [0.2, 0.25) is 0 Å². The molecule has 0 aliphatic heterocycles. The molecule has 1 aromatic carbocycles. The molecule has 0 aliphatic rings. The van der Waals surface area contributed by atoms with Crippen LogP contribution in [0.3, 0.4) is 0 Å². The summed E-state index contributed by atoms with van der Waals surface area (Å²) in [5.41, 5.74) is 7.19. The number of amides is 1. The Morgan fingerprint density at radius 1 is 1.43 bits per heavy atom. The molecule has 4 nitrogen and oxygen atoms in total. The molecule has 21 heavy (non-hydrogen) atoms. The first-order valence-electron chi connectivity index (χ1n) is 7.03. The van der Waals surface area contributed by atoms with E-state index >= 15 is 0 Å². The van der Waals surface area contributed by atoms with Crippen LogP contribution in [0.5, 0.6) is 0 Å². The molecule has 2 aromatic rings. The highest BCUT2D eigenvalue weighted by atomic mass is 32.2. The minimum Gasteiger partial charge on any atom is -0.375 e. The van der Waals surface area contributed by atoms with Gasteiger partial charge in [0.05, 0.1) is 10.2 Å². The monoisotopic (exact) mass is 323 g/mol. The zero-order valence-electron chi connectivity index (χ0n) is 12.6. The predicted molar refractivity (Wildman–Crippen MR) is 93.2 cm³/mol. The fourth-order valence-corrected chi connectivity index (χ4v) is 3.86. The molecule has 2 rings (SSSR count). The predicted octanol–water partition coefficient (Wildman–Crippen LogP) is 3.53. The molecular weight excluding hydrogens is 302 g/mol. The number of nitrogens with one attached hydrogen (secondary N) is 1. The lowest BCUT2D eigenvalue weighted by atomic mass is 10.0. The molecule has 0 spiro atoms. The average molecular weight is 323 g/mol. The Labute approximate surface area is 133 Å². The molecular formula is C15H21N3OS2. The van der Waals surface area contributed by atoms with Gasteiger partial charge in [-0.05, 0) is 37.3 Å². The van der Waals surface area contributed by atoms with E-state index in [0.717, 1.165) is 23.1 Å². The number of carbonyl (C=O) groups is 1. The number of anilines is 1. The van der Waals surface area contributed by atoms with Crippen molar-refractivity contribution in [3.8, 4) is 0 Å². The summed E-state index contributed by atoms with van der Waals surface area (Å²) in [4.78, 5) is 16.5. The van der Waals surface area contributed by atoms with Crippen LogP contribution in [0.2, 0.25) is 0 Å². The fourth-order valence-electron chi connectivity index (χ4n) is 2.29. The van der Waals surface area contributed by atoms with E-state index in [1.165, 1.54) is 11.3 Å². The Bertz CT molecular complexity index is 627. The zero-order valence-corrected chi connectivity index (χ0v) is 14.2. The molecule has 114 valence electrons. The molecule has 0 radical (unpaired) electrons. The standard InChI is InChI=1S/C15H21N3OS2/c1-4-15(5-2,20-3)9-17-13(19)10-6-7-11-12(8-10)21-14(16)18-11/h6-8H,4-5,9H2,1-3H3,(H2,16,18)(H,17,19). The molecule has 3 N–H and O–H groups in total. The minimum atomic E-state index is -0.0378. The van der Waals surface area contributed by atoms with Crippen LogP contribution in [0.1, 0.15) is 37.0 Å². The van der Waals surface area contributed by atoms with E-state index in [1.54, 1.807) is 6.07 Å². The number of fused-ring (bicyclic) bond motifs is 1. The number of hydrogen-bond donors (Lipinski definition) is 2. The number of nitrogens with zero attached hydrogens (tertiary/aromatic N) is 1. The third-order valence-electron chi connectivity index (χ3n) is 3.96. The van der Waals surface area contributed by atoms with Crippen LogP contribution in [-0.4, -0.2) is 28.4 Å². The molecule has 0 saturated carbocycles. The van der Waals surface area contributed by atoms with Crippen LogP contribution in [0.15, 0.2) is 18.2 Å². The van der Waals surface area contributed by atoms with Gasteiger partial charge in [0, 0.05) is 16.9 Å². The van der Waals surface area contributed by atoms with Crippen molar-refractivity contribution in [1.82, 2.24) is 10.3 Å². The van der Waals surface area contributed by atoms with E-state index < -0.39 is 0 Å². The molecule has 0 unspecified atom stereocenters. The van der Waals surface area contributed by atoms with Crippen molar-refractivity contribution in [3.05, 3.63) is 23.8 Å². The van der Waals surface area contributed by atoms with Crippen LogP contribution in [-0.2, 0) is 0 Å². The van der Waals surface area contributed by atoms with Crippen LogP contribution in [0.25, 0.3) is 10.2 Å². The van der Waals surface area contributed by atoms with E-state index in [2.05, 4.69) is 30.4 Å². The number of benzene rings is 1. The van der Waals surface area contributed by atoms with E-state index in [-0.39, 0.29) is 10.7 Å². The number of rotatable bonds is 6. The summed E-state index contributed by atoms with van der Waals surface area (Å²) in [6, 6.07) is 5.51. The van der Waals surface area contributed by atoms with Gasteiger partial charge < -0.3 is 11.1 Å². The number of thiazole rings is 1. The summed E-state index contributed by atoms with van der Waals surface area (Å²) in [5, 5.41) is 3.59. The number of nitrogen functional groups attached to an aromatic ring is 1. The quantitative estimate of drug-likeness (QED) is 0.853. The second kappa shape index (κ2) is 6.66. The van der Waals surface area contributed by atoms with Gasteiger partial charge in [0.1, 0.15) is 0 Å². The first-order valence-corrected chi connectivity index (χ1v) is 9.07. The van der Waals surface area contributed by atoms with Crippen molar-refractivity contribution in [3.63, 3.8) is 0 Å². The number of aromatic nitrogens is 1. The third-order valence-corrected chi connectivity index (χ3v) is 6.40. The van der Waals surface area contributed by atoms with Gasteiger partial charge in [0.15, 0.2) is 5.13 Å². The van der Waals surface area contributed by atoms with E-state index in [0.29, 0.717) is 17.2 Å². The molecule has 0 atom stereocenters. The van der Waals surface area contributed by atoms with Gasteiger partial charge >= 0.3 is 0 Å². The number of hydrogen-bond acceptors (Lipinski definition) is 5. The zero-order chi connectivity index (χ0) is 15.5. The third kappa shape index (κ3) is 3.49. The van der Waals surface area contributed by atoms with Crippen molar-refractivity contribution in [2.75, 3.05) is 18.5 Å². The van der Waals surface area contributed by atoms with Gasteiger partial charge in [-0.15, -0.1) is 0 Å². The van der Waals surface area contributed by atoms with Gasteiger partial charge in [0.25, 0.3) is 5.91 Å². The number of thioether (sulfide) groups is 1. The maximum atomic E-state index is 12.3. The Balaban J connectivity index is 2.11. The largest absolute Gasteiger partial charge is 0.375 e. The fraction of sp³-hybridized carbons (Fsp3) is 0.467. The summed E-state index contributed by atoms with van der Waals surface area (Å²) in [6.07, 6.45) is 4.18. The first-order chi connectivity index (χ1) is 10.0. The van der Waals surface area contributed by atoms with Crippen molar-refractivity contribution in [2.45, 2.75) is 31.4 Å². The minimum absolute atomic E-state index is 0.0378. The molecule has 1 aromatic heterocycles. The lowest BCUT2D eigenvalue weighted by molar-refractivity contribution is 0.0949. The van der Waals surface area contributed by atoms with Gasteiger partial charge in [-0.2, -0.15) is 11.8 Å². The SMILES string of the molecule is CCC(CC)(CNC(=O)c1ccc2nc(N)sc2c1)SC. The summed E-state index contributed by atoms with van der Waals surface area (Å²) in [5.74, 6) is -0.0378. The van der Waals surface area contributed by atoms with Gasteiger partial charge in [-0.25, -0.2) is 4.98 Å². The maximum absolute atomic E-state index is 12.3. The van der Waals surface area contributed by atoms with E-state index in [1.807, 2.05) is 23.9 Å². The highest BCUT2D eigenvalue weighted by molar-refractivity contribution is 8.00. The lowest BCUT2D eigenvalue weighted by Gasteiger charge is -2.29.